The Labute approximate surface area is 216 Å². The highest BCUT2D eigenvalue weighted by molar-refractivity contribution is 7.88. The van der Waals surface area contributed by atoms with Gasteiger partial charge < -0.3 is 10.2 Å². The first-order valence-corrected chi connectivity index (χ1v) is 14.2. The molecule has 2 heterocycles. The van der Waals surface area contributed by atoms with Crippen LogP contribution in [0.15, 0.2) is 42.5 Å². The Morgan fingerprint density at radius 1 is 0.943 bits per heavy atom. The van der Waals surface area contributed by atoms with Gasteiger partial charge in [0.05, 0.1) is 33.0 Å². The molecule has 2 fully saturated rings. The number of hydrogen-bond donors (Lipinski definition) is 1. The molecule has 0 saturated carbocycles. The zero-order valence-corrected chi connectivity index (χ0v) is 21.7. The molecule has 2 aliphatic heterocycles. The second-order valence-electron chi connectivity index (χ2n) is 9.09. The van der Waals surface area contributed by atoms with E-state index >= 15 is 0 Å². The van der Waals surface area contributed by atoms with E-state index in [0.717, 1.165) is 32.4 Å². The summed E-state index contributed by atoms with van der Waals surface area (Å²) in [4.78, 5) is 28.0. The Kier molecular flexibility index (Phi) is 8.37. The molecule has 10 heteroatoms. The van der Waals surface area contributed by atoms with Crippen LogP contribution in [-0.4, -0.2) is 55.6 Å². The number of carbonyl (C=O) groups excluding carboxylic acids is 2. The normalized spacial score (nSPS) is 19.4. The van der Waals surface area contributed by atoms with Gasteiger partial charge in [0, 0.05) is 26.2 Å². The SMILES string of the molecule is O=C(Nc1ccccc1C(=O)N1CCCCC1)[C@@H]1CCCN(S(=O)(=O)Cc2ccc(Cl)c(Cl)c2)C1. The van der Waals surface area contributed by atoms with Gasteiger partial charge in [-0.3, -0.25) is 9.59 Å². The number of carbonyl (C=O) groups is 2. The Bertz CT molecular complexity index is 1200. The molecule has 2 amide bonds. The molecular formula is C25H29Cl2N3O4S. The van der Waals surface area contributed by atoms with Gasteiger partial charge in [-0.15, -0.1) is 0 Å². The molecule has 2 aromatic carbocycles. The molecule has 35 heavy (non-hydrogen) atoms. The number of nitrogens with zero attached hydrogens (tertiary/aromatic N) is 2. The Balaban J connectivity index is 1.43. The van der Waals surface area contributed by atoms with Crippen LogP contribution >= 0.6 is 23.2 Å². The van der Waals surface area contributed by atoms with Crippen molar-refractivity contribution < 1.29 is 18.0 Å². The lowest BCUT2D eigenvalue weighted by Gasteiger charge is -2.31. The fourth-order valence-corrected chi connectivity index (χ4v) is 6.54. The zero-order chi connectivity index (χ0) is 25.0. The highest BCUT2D eigenvalue weighted by atomic mass is 35.5. The summed E-state index contributed by atoms with van der Waals surface area (Å²) >= 11 is 12.0. The van der Waals surface area contributed by atoms with E-state index in [4.69, 9.17) is 23.2 Å². The number of sulfonamides is 1. The van der Waals surface area contributed by atoms with E-state index < -0.39 is 15.9 Å². The molecule has 0 aromatic heterocycles. The number of likely N-dealkylation sites (tertiary alicyclic amines) is 1. The van der Waals surface area contributed by atoms with Crippen LogP contribution in [-0.2, 0) is 20.6 Å². The second-order valence-corrected chi connectivity index (χ2v) is 11.9. The number of piperidine rings is 2. The van der Waals surface area contributed by atoms with Crippen LogP contribution in [0.4, 0.5) is 5.69 Å². The van der Waals surface area contributed by atoms with Gasteiger partial charge in [0.15, 0.2) is 0 Å². The summed E-state index contributed by atoms with van der Waals surface area (Å²) in [6.07, 6.45) is 4.23. The van der Waals surface area contributed by atoms with Gasteiger partial charge in [0.1, 0.15) is 0 Å². The molecule has 0 aliphatic carbocycles. The van der Waals surface area contributed by atoms with Crippen molar-refractivity contribution in [2.45, 2.75) is 37.9 Å². The lowest BCUT2D eigenvalue weighted by atomic mass is 9.98. The van der Waals surface area contributed by atoms with Crippen molar-refractivity contribution >= 4 is 50.7 Å². The lowest BCUT2D eigenvalue weighted by molar-refractivity contribution is -0.120. The number of para-hydroxylation sites is 1. The van der Waals surface area contributed by atoms with E-state index in [1.54, 1.807) is 42.5 Å². The Morgan fingerprint density at radius 2 is 1.69 bits per heavy atom. The van der Waals surface area contributed by atoms with Crippen LogP contribution in [0, 0.1) is 5.92 Å². The predicted molar refractivity (Wildman–Crippen MR) is 138 cm³/mol. The molecule has 2 aliphatic rings. The van der Waals surface area contributed by atoms with Gasteiger partial charge in [0.25, 0.3) is 5.91 Å². The van der Waals surface area contributed by atoms with Gasteiger partial charge in [-0.05, 0) is 61.9 Å². The smallest absolute Gasteiger partial charge is 0.255 e. The van der Waals surface area contributed by atoms with Gasteiger partial charge in [0.2, 0.25) is 15.9 Å². The third-order valence-corrected chi connectivity index (χ3v) is 9.10. The monoisotopic (exact) mass is 537 g/mol. The van der Waals surface area contributed by atoms with Crippen molar-refractivity contribution in [2.24, 2.45) is 5.92 Å². The fraction of sp³-hybridized carbons (Fsp3) is 0.440. The first kappa shape index (κ1) is 25.9. The summed E-state index contributed by atoms with van der Waals surface area (Å²) in [5, 5.41) is 3.56. The Hall–Kier alpha value is -2.13. The first-order chi connectivity index (χ1) is 16.7. The third-order valence-electron chi connectivity index (χ3n) is 6.54. The molecule has 1 atom stereocenters. The fourth-order valence-electron chi connectivity index (χ4n) is 4.62. The number of benzene rings is 2. The minimum atomic E-state index is -3.65. The van der Waals surface area contributed by atoms with E-state index in [9.17, 15) is 18.0 Å². The van der Waals surface area contributed by atoms with Crippen molar-refractivity contribution in [2.75, 3.05) is 31.5 Å². The molecule has 0 unspecified atom stereocenters. The molecule has 188 valence electrons. The predicted octanol–water partition coefficient (Wildman–Crippen LogP) is 4.80. The Morgan fingerprint density at radius 3 is 2.43 bits per heavy atom. The van der Waals surface area contributed by atoms with Crippen molar-refractivity contribution in [3.63, 3.8) is 0 Å². The van der Waals surface area contributed by atoms with E-state index in [-0.39, 0.29) is 24.1 Å². The van der Waals surface area contributed by atoms with Crippen LogP contribution < -0.4 is 5.32 Å². The van der Waals surface area contributed by atoms with Crippen molar-refractivity contribution in [1.82, 2.24) is 9.21 Å². The van der Waals surface area contributed by atoms with Gasteiger partial charge in [-0.25, -0.2) is 12.7 Å². The highest BCUT2D eigenvalue weighted by Gasteiger charge is 2.33. The minimum absolute atomic E-state index is 0.0879. The quantitative estimate of drug-likeness (QED) is 0.573. The zero-order valence-electron chi connectivity index (χ0n) is 19.4. The maximum absolute atomic E-state index is 13.1. The van der Waals surface area contributed by atoms with E-state index in [1.807, 2.05) is 4.90 Å². The van der Waals surface area contributed by atoms with Crippen LogP contribution in [0.3, 0.4) is 0 Å². The highest BCUT2D eigenvalue weighted by Crippen LogP contribution is 2.27. The molecule has 1 N–H and O–H groups in total. The third kappa shape index (κ3) is 6.36. The van der Waals surface area contributed by atoms with Crippen molar-refractivity contribution in [3.8, 4) is 0 Å². The average Bonchev–Trinajstić information content (AvgIpc) is 2.86. The number of amides is 2. The molecule has 0 spiro atoms. The second kappa shape index (κ2) is 11.3. The maximum atomic E-state index is 13.1. The minimum Gasteiger partial charge on any atom is -0.339 e. The summed E-state index contributed by atoms with van der Waals surface area (Å²) in [6, 6.07) is 11.8. The summed E-state index contributed by atoms with van der Waals surface area (Å²) < 4.78 is 27.5. The summed E-state index contributed by atoms with van der Waals surface area (Å²) in [6.45, 7) is 1.89. The number of halogens is 2. The average molecular weight is 538 g/mol. The molecule has 7 nitrogen and oxygen atoms in total. The summed E-state index contributed by atoms with van der Waals surface area (Å²) in [5.41, 5.74) is 1.46. The largest absolute Gasteiger partial charge is 0.339 e. The van der Waals surface area contributed by atoms with Gasteiger partial charge in [-0.1, -0.05) is 41.4 Å². The summed E-state index contributed by atoms with van der Waals surface area (Å²) in [7, 11) is -3.65. The lowest BCUT2D eigenvalue weighted by Crippen LogP contribution is -2.44. The molecule has 4 rings (SSSR count). The van der Waals surface area contributed by atoms with Crippen LogP contribution in [0.25, 0.3) is 0 Å². The molecule has 2 saturated heterocycles. The number of nitrogens with one attached hydrogen (secondary N) is 1. The molecule has 0 bridgehead atoms. The molecule has 2 aromatic rings. The van der Waals surface area contributed by atoms with E-state index in [0.29, 0.717) is 46.2 Å². The number of rotatable bonds is 6. The van der Waals surface area contributed by atoms with Crippen molar-refractivity contribution in [3.05, 3.63) is 63.6 Å². The van der Waals surface area contributed by atoms with E-state index in [2.05, 4.69) is 5.32 Å². The van der Waals surface area contributed by atoms with Gasteiger partial charge >= 0.3 is 0 Å². The van der Waals surface area contributed by atoms with Gasteiger partial charge in [-0.2, -0.15) is 0 Å². The first-order valence-electron chi connectivity index (χ1n) is 11.9. The van der Waals surface area contributed by atoms with Crippen molar-refractivity contribution in [1.29, 1.82) is 0 Å². The number of anilines is 1. The maximum Gasteiger partial charge on any atom is 0.255 e. The molecule has 0 radical (unpaired) electrons. The topological polar surface area (TPSA) is 86.8 Å². The number of hydrogen-bond acceptors (Lipinski definition) is 4. The standard InChI is InChI=1S/C25H29Cl2N3O4S/c26-21-11-10-18(15-22(21)27)17-35(33,34)30-14-6-7-19(16-30)24(31)28-23-9-3-2-8-20(23)25(32)29-12-4-1-5-13-29/h2-3,8-11,15,19H,1,4-7,12-14,16-17H2,(H,28,31)/t19-/m1/s1. The van der Waals surface area contributed by atoms with Crippen LogP contribution in [0.2, 0.25) is 10.0 Å². The van der Waals surface area contributed by atoms with Crippen LogP contribution in [0.5, 0.6) is 0 Å². The molecular weight excluding hydrogens is 509 g/mol. The summed E-state index contributed by atoms with van der Waals surface area (Å²) in [5.74, 6) is -1.09. The van der Waals surface area contributed by atoms with E-state index in [1.165, 1.54) is 4.31 Å². The van der Waals surface area contributed by atoms with Crippen LogP contribution in [0.1, 0.15) is 48.0 Å².